The van der Waals surface area contributed by atoms with Crippen LogP contribution in [0.5, 0.6) is 0 Å². The van der Waals surface area contributed by atoms with Gasteiger partial charge in [-0.05, 0) is 51.0 Å². The van der Waals surface area contributed by atoms with Crippen LogP contribution in [0.2, 0.25) is 0 Å². The van der Waals surface area contributed by atoms with Crippen LogP contribution in [0.4, 0.5) is 5.69 Å². The van der Waals surface area contributed by atoms with E-state index < -0.39 is 15.4 Å². The Morgan fingerprint density at radius 3 is 2.14 bits per heavy atom. The smallest absolute Gasteiger partial charge is 0.243 e. The van der Waals surface area contributed by atoms with Crippen molar-refractivity contribution < 1.29 is 18.0 Å². The second kappa shape index (κ2) is 9.26. The van der Waals surface area contributed by atoms with E-state index in [0.29, 0.717) is 5.69 Å². The first-order valence-electron chi connectivity index (χ1n) is 10.1. The van der Waals surface area contributed by atoms with Gasteiger partial charge in [0, 0.05) is 36.2 Å². The Hall–Kier alpha value is -1.93. The molecule has 2 atom stereocenters. The molecule has 2 rings (SSSR count). The summed E-state index contributed by atoms with van der Waals surface area (Å²) in [6, 6.07) is 6.20. The molecule has 0 aliphatic carbocycles. The molecular weight excluding hydrogens is 390 g/mol. The maximum Gasteiger partial charge on any atom is 0.243 e. The van der Waals surface area contributed by atoms with Gasteiger partial charge in [0.2, 0.25) is 21.8 Å². The van der Waals surface area contributed by atoms with Gasteiger partial charge in [-0.15, -0.1) is 0 Å². The van der Waals surface area contributed by atoms with Crippen LogP contribution in [0, 0.1) is 5.41 Å². The zero-order chi connectivity index (χ0) is 21.8. The number of sulfonamides is 1. The van der Waals surface area contributed by atoms with Gasteiger partial charge in [-0.25, -0.2) is 8.42 Å². The summed E-state index contributed by atoms with van der Waals surface area (Å²) >= 11 is 0. The highest BCUT2D eigenvalue weighted by Gasteiger charge is 2.35. The molecule has 1 heterocycles. The molecule has 0 aromatic heterocycles. The topological polar surface area (TPSA) is 95.6 Å². The molecule has 0 radical (unpaired) electrons. The molecule has 1 aromatic rings. The number of rotatable bonds is 6. The van der Waals surface area contributed by atoms with Gasteiger partial charge in [-0.1, -0.05) is 27.2 Å². The first-order chi connectivity index (χ1) is 13.4. The largest absolute Gasteiger partial charge is 0.355 e. The van der Waals surface area contributed by atoms with Crippen molar-refractivity contribution >= 4 is 27.5 Å². The van der Waals surface area contributed by atoms with Gasteiger partial charge in [0.15, 0.2) is 0 Å². The van der Waals surface area contributed by atoms with Crippen LogP contribution in [0.3, 0.4) is 0 Å². The molecule has 1 aliphatic rings. The summed E-state index contributed by atoms with van der Waals surface area (Å²) in [6.45, 7) is 9.57. The van der Waals surface area contributed by atoms with E-state index in [4.69, 9.17) is 0 Å². The van der Waals surface area contributed by atoms with Crippen LogP contribution in [0.25, 0.3) is 0 Å². The summed E-state index contributed by atoms with van der Waals surface area (Å²) in [7, 11) is -3.57. The second-order valence-corrected chi connectivity index (χ2v) is 10.6. The molecule has 1 aliphatic heterocycles. The molecule has 8 heteroatoms. The van der Waals surface area contributed by atoms with E-state index >= 15 is 0 Å². The third-order valence-corrected chi connectivity index (χ3v) is 7.29. The van der Waals surface area contributed by atoms with Crippen LogP contribution < -0.4 is 10.6 Å². The van der Waals surface area contributed by atoms with E-state index in [1.165, 1.54) is 12.1 Å². The quantitative estimate of drug-likeness (QED) is 0.735. The van der Waals surface area contributed by atoms with Crippen LogP contribution >= 0.6 is 0 Å². The lowest BCUT2D eigenvalue weighted by Gasteiger charge is -2.37. The van der Waals surface area contributed by atoms with Gasteiger partial charge >= 0.3 is 0 Å². The number of carbonyl (C=O) groups excluding carboxylic acids is 2. The molecule has 1 saturated heterocycles. The third-order valence-electron chi connectivity index (χ3n) is 5.14. The summed E-state index contributed by atoms with van der Waals surface area (Å²) < 4.78 is 27.7. The van der Waals surface area contributed by atoms with E-state index in [0.717, 1.165) is 19.3 Å². The highest BCUT2D eigenvalue weighted by molar-refractivity contribution is 7.89. The predicted molar refractivity (Wildman–Crippen MR) is 114 cm³/mol. The first-order valence-corrected chi connectivity index (χ1v) is 11.6. The molecule has 0 unspecified atom stereocenters. The molecule has 1 fully saturated rings. The van der Waals surface area contributed by atoms with Gasteiger partial charge < -0.3 is 10.6 Å². The van der Waals surface area contributed by atoms with Crippen molar-refractivity contribution in [3.05, 3.63) is 24.3 Å². The zero-order valence-electron chi connectivity index (χ0n) is 18.0. The lowest BCUT2D eigenvalue weighted by molar-refractivity contribution is -0.128. The van der Waals surface area contributed by atoms with E-state index in [2.05, 4.69) is 10.6 Å². The highest BCUT2D eigenvalue weighted by atomic mass is 32.2. The number of amides is 2. The zero-order valence-corrected chi connectivity index (χ0v) is 18.8. The van der Waals surface area contributed by atoms with E-state index in [-0.39, 0.29) is 41.8 Å². The van der Waals surface area contributed by atoms with Crippen molar-refractivity contribution in [3.8, 4) is 0 Å². The van der Waals surface area contributed by atoms with Gasteiger partial charge in [0.25, 0.3) is 0 Å². The molecule has 162 valence electrons. The molecule has 0 bridgehead atoms. The first kappa shape index (κ1) is 23.3. The van der Waals surface area contributed by atoms with Gasteiger partial charge in [0.1, 0.15) is 0 Å². The molecule has 0 saturated carbocycles. The number of nitrogens with one attached hydrogen (secondary N) is 2. The Balaban J connectivity index is 1.96. The van der Waals surface area contributed by atoms with Gasteiger partial charge in [0.05, 0.1) is 4.90 Å². The third kappa shape index (κ3) is 6.02. The standard InChI is InChI=1S/C21H33N3O4S/c1-15-7-6-8-16(2)24(15)29(27,28)18-11-9-17(10-12-18)23-19(25)13-14-22-20(26)21(3,4)5/h9-12,15-16H,6-8,13-14H2,1-5H3,(H,22,26)(H,23,25)/t15-,16+. The molecule has 29 heavy (non-hydrogen) atoms. The highest BCUT2D eigenvalue weighted by Crippen LogP contribution is 2.29. The van der Waals surface area contributed by atoms with Crippen LogP contribution in [0.1, 0.15) is 60.3 Å². The molecule has 2 amide bonds. The van der Waals surface area contributed by atoms with E-state index in [9.17, 15) is 18.0 Å². The van der Waals surface area contributed by atoms with Crippen molar-refractivity contribution in [1.82, 2.24) is 9.62 Å². The SMILES string of the molecule is C[C@@H]1CCC[C@H](C)N1S(=O)(=O)c1ccc(NC(=O)CCNC(=O)C(C)(C)C)cc1. The number of benzene rings is 1. The number of carbonyl (C=O) groups is 2. The predicted octanol–water partition coefficient (Wildman–Crippen LogP) is 3.13. The molecular formula is C21H33N3O4S. The number of piperidine rings is 1. The summed E-state index contributed by atoms with van der Waals surface area (Å²) in [4.78, 5) is 24.1. The lowest BCUT2D eigenvalue weighted by Crippen LogP contribution is -2.47. The Morgan fingerprint density at radius 2 is 1.62 bits per heavy atom. The van der Waals surface area contributed by atoms with Crippen molar-refractivity contribution in [2.75, 3.05) is 11.9 Å². The number of anilines is 1. The minimum atomic E-state index is -3.57. The van der Waals surface area contributed by atoms with Crippen LogP contribution in [0.15, 0.2) is 29.2 Å². The number of hydrogen-bond donors (Lipinski definition) is 2. The minimum Gasteiger partial charge on any atom is -0.355 e. The normalized spacial score (nSPS) is 20.9. The van der Waals surface area contributed by atoms with Gasteiger partial charge in [-0.3, -0.25) is 9.59 Å². The van der Waals surface area contributed by atoms with Crippen molar-refractivity contribution in [1.29, 1.82) is 0 Å². The van der Waals surface area contributed by atoms with Crippen LogP contribution in [-0.4, -0.2) is 43.2 Å². The maximum atomic E-state index is 13.0. The lowest BCUT2D eigenvalue weighted by atomic mass is 9.96. The summed E-state index contributed by atoms with van der Waals surface area (Å²) in [5.41, 5.74) is 0.0251. The van der Waals surface area contributed by atoms with Crippen molar-refractivity contribution in [3.63, 3.8) is 0 Å². The average Bonchev–Trinajstić information content (AvgIpc) is 2.61. The maximum absolute atomic E-state index is 13.0. The molecule has 1 aromatic carbocycles. The average molecular weight is 424 g/mol. The Labute approximate surface area is 174 Å². The Bertz CT molecular complexity index is 818. The van der Waals surface area contributed by atoms with E-state index in [1.54, 1.807) is 16.4 Å². The Morgan fingerprint density at radius 1 is 1.07 bits per heavy atom. The fraction of sp³-hybridized carbons (Fsp3) is 0.619. The van der Waals surface area contributed by atoms with Crippen molar-refractivity contribution in [2.24, 2.45) is 5.41 Å². The summed E-state index contributed by atoms with van der Waals surface area (Å²) in [6.07, 6.45) is 2.91. The summed E-state index contributed by atoms with van der Waals surface area (Å²) in [5, 5.41) is 5.46. The minimum absolute atomic E-state index is 0.0218. The molecule has 7 nitrogen and oxygen atoms in total. The van der Waals surface area contributed by atoms with Crippen LogP contribution in [-0.2, 0) is 19.6 Å². The molecule has 2 N–H and O–H groups in total. The number of nitrogens with zero attached hydrogens (tertiary/aromatic N) is 1. The second-order valence-electron chi connectivity index (χ2n) is 8.79. The summed E-state index contributed by atoms with van der Waals surface area (Å²) in [5.74, 6) is -0.353. The van der Waals surface area contributed by atoms with Crippen molar-refractivity contribution in [2.45, 2.75) is 77.3 Å². The molecule has 0 spiro atoms. The fourth-order valence-electron chi connectivity index (χ4n) is 3.48. The number of hydrogen-bond acceptors (Lipinski definition) is 4. The fourth-order valence-corrected chi connectivity index (χ4v) is 5.36. The van der Waals surface area contributed by atoms with E-state index in [1.807, 2.05) is 34.6 Å². The van der Waals surface area contributed by atoms with Gasteiger partial charge in [-0.2, -0.15) is 4.31 Å². The monoisotopic (exact) mass is 423 g/mol. The Kier molecular flexibility index (Phi) is 7.45.